The zero-order valence-electron chi connectivity index (χ0n) is 17.1. The molecule has 1 heterocycles. The van der Waals surface area contributed by atoms with Gasteiger partial charge in [-0.2, -0.15) is 0 Å². The van der Waals surface area contributed by atoms with Crippen LogP contribution in [-0.2, 0) is 29.0 Å². The Bertz CT molecular complexity index is 1010. The van der Waals surface area contributed by atoms with Gasteiger partial charge in [0.2, 0.25) is 0 Å². The number of rotatable bonds is 7. The summed E-state index contributed by atoms with van der Waals surface area (Å²) in [5.41, 5.74) is 6.29. The zero-order valence-corrected chi connectivity index (χ0v) is 17.1. The predicted octanol–water partition coefficient (Wildman–Crippen LogP) is 6.25. The molecule has 2 nitrogen and oxygen atoms in total. The van der Waals surface area contributed by atoms with Crippen molar-refractivity contribution in [2.24, 2.45) is 0 Å². The molecule has 0 radical (unpaired) electrons. The summed E-state index contributed by atoms with van der Waals surface area (Å²) in [7, 11) is 0. The molecule has 3 aromatic carbocycles. The molecule has 1 aliphatic heterocycles. The molecule has 0 aliphatic carbocycles. The summed E-state index contributed by atoms with van der Waals surface area (Å²) in [6.07, 6.45) is 9.94. The number of hydrogen-bond donors (Lipinski definition) is 0. The van der Waals surface area contributed by atoms with Gasteiger partial charge in [-0.3, -0.25) is 0 Å². The van der Waals surface area contributed by atoms with E-state index in [1.165, 1.54) is 27.5 Å². The van der Waals surface area contributed by atoms with Crippen LogP contribution in [0.1, 0.15) is 53.5 Å². The summed E-state index contributed by atoms with van der Waals surface area (Å²) in [5, 5.41) is 2.39. The average molecular weight is 385 g/mol. The third-order valence-corrected chi connectivity index (χ3v) is 5.82. The molecule has 1 aliphatic rings. The molecule has 0 amide bonds. The van der Waals surface area contributed by atoms with Crippen molar-refractivity contribution in [2.75, 3.05) is 6.61 Å². The SMILES string of the molecule is CCc1ccc(CCC/C=C/c2ccc3cc4c(cc3c2)COCC4C=O)cc1. The molecule has 0 fully saturated rings. The lowest BCUT2D eigenvalue weighted by molar-refractivity contribution is -0.110. The largest absolute Gasteiger partial charge is 0.376 e. The summed E-state index contributed by atoms with van der Waals surface area (Å²) in [6.45, 7) is 3.28. The fourth-order valence-corrected chi connectivity index (χ4v) is 4.04. The van der Waals surface area contributed by atoms with Crippen molar-refractivity contribution in [1.82, 2.24) is 0 Å². The van der Waals surface area contributed by atoms with E-state index in [0.717, 1.165) is 43.1 Å². The Labute approximate surface area is 173 Å². The molecule has 0 aromatic heterocycles. The highest BCUT2D eigenvalue weighted by Gasteiger charge is 2.20. The van der Waals surface area contributed by atoms with Gasteiger partial charge in [0.15, 0.2) is 0 Å². The van der Waals surface area contributed by atoms with Crippen molar-refractivity contribution in [1.29, 1.82) is 0 Å². The van der Waals surface area contributed by atoms with E-state index in [1.807, 2.05) is 0 Å². The Balaban J connectivity index is 1.39. The molecule has 0 spiro atoms. The molecular weight excluding hydrogens is 356 g/mol. The number of benzene rings is 3. The molecule has 4 rings (SSSR count). The molecule has 0 saturated heterocycles. The first kappa shape index (κ1) is 19.6. The highest BCUT2D eigenvalue weighted by Crippen LogP contribution is 2.30. The van der Waals surface area contributed by atoms with Crippen molar-refractivity contribution >= 4 is 23.1 Å². The van der Waals surface area contributed by atoms with Gasteiger partial charge in [-0.1, -0.05) is 55.5 Å². The first-order valence-corrected chi connectivity index (χ1v) is 10.6. The summed E-state index contributed by atoms with van der Waals surface area (Å²) in [6, 6.07) is 19.9. The minimum absolute atomic E-state index is 0.138. The third-order valence-electron chi connectivity index (χ3n) is 5.82. The van der Waals surface area contributed by atoms with E-state index in [-0.39, 0.29) is 5.92 Å². The van der Waals surface area contributed by atoms with Crippen LogP contribution in [0.4, 0.5) is 0 Å². The summed E-state index contributed by atoms with van der Waals surface area (Å²) in [5.74, 6) is -0.138. The molecule has 0 bridgehead atoms. The van der Waals surface area contributed by atoms with Crippen molar-refractivity contribution in [3.05, 3.63) is 88.5 Å². The number of allylic oxidation sites excluding steroid dienone is 1. The Morgan fingerprint density at radius 1 is 1.00 bits per heavy atom. The summed E-state index contributed by atoms with van der Waals surface area (Å²) < 4.78 is 5.57. The lowest BCUT2D eigenvalue weighted by Crippen LogP contribution is -2.17. The van der Waals surface area contributed by atoms with Crippen molar-refractivity contribution < 1.29 is 9.53 Å². The molecule has 1 unspecified atom stereocenters. The van der Waals surface area contributed by atoms with Gasteiger partial charge < -0.3 is 9.53 Å². The van der Waals surface area contributed by atoms with Gasteiger partial charge in [-0.25, -0.2) is 0 Å². The quantitative estimate of drug-likeness (QED) is 0.355. The lowest BCUT2D eigenvalue weighted by Gasteiger charge is -2.22. The van der Waals surface area contributed by atoms with E-state index in [4.69, 9.17) is 4.74 Å². The first-order valence-electron chi connectivity index (χ1n) is 10.6. The summed E-state index contributed by atoms with van der Waals surface area (Å²) in [4.78, 5) is 11.3. The van der Waals surface area contributed by atoms with Crippen molar-refractivity contribution in [3.8, 4) is 0 Å². The van der Waals surface area contributed by atoms with E-state index in [1.54, 1.807) is 0 Å². The van der Waals surface area contributed by atoms with Gasteiger partial charge in [0, 0.05) is 0 Å². The Morgan fingerprint density at radius 3 is 2.62 bits per heavy atom. The number of carbonyl (C=O) groups excluding carboxylic acids is 1. The van der Waals surface area contributed by atoms with Crippen LogP contribution in [0.2, 0.25) is 0 Å². The predicted molar refractivity (Wildman–Crippen MR) is 120 cm³/mol. The normalized spacial score (nSPS) is 16.2. The Hall–Kier alpha value is -2.71. The second-order valence-electron chi connectivity index (χ2n) is 7.88. The molecule has 1 atom stereocenters. The van der Waals surface area contributed by atoms with Gasteiger partial charge >= 0.3 is 0 Å². The highest BCUT2D eigenvalue weighted by atomic mass is 16.5. The maximum atomic E-state index is 11.3. The van der Waals surface area contributed by atoms with Gasteiger partial charge in [0.25, 0.3) is 0 Å². The number of fused-ring (bicyclic) bond motifs is 2. The third kappa shape index (κ3) is 4.65. The second-order valence-corrected chi connectivity index (χ2v) is 7.88. The Kier molecular flexibility index (Phi) is 6.21. The van der Waals surface area contributed by atoms with Gasteiger partial charge in [0.1, 0.15) is 6.29 Å². The van der Waals surface area contributed by atoms with Crippen LogP contribution < -0.4 is 0 Å². The lowest BCUT2D eigenvalue weighted by atomic mass is 9.90. The number of carbonyl (C=O) groups is 1. The highest BCUT2D eigenvalue weighted by molar-refractivity contribution is 5.87. The molecular formula is C27H28O2. The number of unbranched alkanes of at least 4 members (excludes halogenated alkanes) is 1. The van der Waals surface area contributed by atoms with Gasteiger partial charge in [-0.15, -0.1) is 0 Å². The van der Waals surface area contributed by atoms with E-state index >= 15 is 0 Å². The molecule has 3 aromatic rings. The van der Waals surface area contributed by atoms with Crippen LogP contribution in [0, 0.1) is 0 Å². The van der Waals surface area contributed by atoms with E-state index in [2.05, 4.69) is 73.7 Å². The minimum Gasteiger partial charge on any atom is -0.376 e. The molecule has 0 saturated carbocycles. The van der Waals surface area contributed by atoms with Crippen LogP contribution in [0.3, 0.4) is 0 Å². The number of aryl methyl sites for hydroxylation is 2. The monoisotopic (exact) mass is 384 g/mol. The molecule has 2 heteroatoms. The maximum absolute atomic E-state index is 11.3. The van der Waals surface area contributed by atoms with Crippen molar-refractivity contribution in [3.63, 3.8) is 0 Å². The van der Waals surface area contributed by atoms with E-state index < -0.39 is 0 Å². The number of hydrogen-bond acceptors (Lipinski definition) is 2. The molecule has 0 N–H and O–H groups in total. The minimum atomic E-state index is -0.138. The van der Waals surface area contributed by atoms with E-state index in [0.29, 0.717) is 13.2 Å². The standard InChI is InChI=1S/C27H28O2/c1-2-20-8-10-21(11-9-20)6-4-3-5-7-22-12-13-23-16-27-25(15-24(23)14-22)18-29-19-26(27)17-28/h5,7-17,26H,2-4,6,18-19H2,1H3/b7-5+. The number of aldehydes is 1. The van der Waals surface area contributed by atoms with Gasteiger partial charge in [-0.05, 0) is 82.5 Å². The van der Waals surface area contributed by atoms with Gasteiger partial charge in [0.05, 0.1) is 19.1 Å². The van der Waals surface area contributed by atoms with Crippen molar-refractivity contribution in [2.45, 2.75) is 45.1 Å². The fraction of sp³-hybridized carbons (Fsp3) is 0.296. The smallest absolute Gasteiger partial charge is 0.129 e. The fourth-order valence-electron chi connectivity index (χ4n) is 4.04. The average Bonchev–Trinajstić information content (AvgIpc) is 2.77. The topological polar surface area (TPSA) is 26.3 Å². The number of ether oxygens (including phenoxy) is 1. The first-order chi connectivity index (χ1) is 14.3. The summed E-state index contributed by atoms with van der Waals surface area (Å²) >= 11 is 0. The maximum Gasteiger partial charge on any atom is 0.129 e. The van der Waals surface area contributed by atoms with Crippen LogP contribution in [-0.4, -0.2) is 12.9 Å². The second kappa shape index (κ2) is 9.19. The molecule has 29 heavy (non-hydrogen) atoms. The van der Waals surface area contributed by atoms with Crippen LogP contribution >= 0.6 is 0 Å². The van der Waals surface area contributed by atoms with E-state index in [9.17, 15) is 4.79 Å². The zero-order chi connectivity index (χ0) is 20.1. The van der Waals surface area contributed by atoms with Crippen LogP contribution in [0.5, 0.6) is 0 Å². The molecule has 148 valence electrons. The Morgan fingerprint density at radius 2 is 1.83 bits per heavy atom. The van der Waals surface area contributed by atoms with Crippen LogP contribution in [0.25, 0.3) is 16.8 Å². The van der Waals surface area contributed by atoms with Crippen LogP contribution in [0.15, 0.2) is 60.7 Å².